The highest BCUT2D eigenvalue weighted by Gasteiger charge is 2.14. The van der Waals surface area contributed by atoms with Crippen LogP contribution < -0.4 is 5.32 Å². The molecule has 0 aliphatic rings. The van der Waals surface area contributed by atoms with Gasteiger partial charge in [0, 0.05) is 12.6 Å². The first kappa shape index (κ1) is 11.1. The normalized spacial score (nSPS) is 10.2. The predicted octanol–water partition coefficient (Wildman–Crippen LogP) is 1.25. The Morgan fingerprint density at radius 2 is 2.18 bits per heavy atom. The Kier molecular flexibility index (Phi) is 2.78. The summed E-state index contributed by atoms with van der Waals surface area (Å²) in [5.74, 6) is -1.23. The number of aryl methyl sites for hydroxylation is 1. The second kappa shape index (κ2) is 4.25. The molecule has 6 nitrogen and oxygen atoms in total. The maximum atomic E-state index is 11.3. The molecule has 6 heteroatoms. The van der Waals surface area contributed by atoms with Crippen molar-refractivity contribution in [3.8, 4) is 0 Å². The molecule has 0 aliphatic carbocycles. The summed E-state index contributed by atoms with van der Waals surface area (Å²) in [7, 11) is 1.14. The standard InChI is InChI=1S/C11H10N2O4/c1-6-12-8-5-7(3-4-9(8)17-6)13-10(14)11(15)16-2/h3-5H,1-2H3,(H,13,14). The Balaban J connectivity index is 2.24. The quantitative estimate of drug-likeness (QED) is 0.593. The van der Waals surface area contributed by atoms with E-state index in [0.717, 1.165) is 7.11 Å². The van der Waals surface area contributed by atoms with Gasteiger partial charge in [0.25, 0.3) is 0 Å². The second-order valence-corrected chi connectivity index (χ2v) is 3.36. The molecule has 0 fully saturated rings. The number of carbonyl (C=O) groups excluding carboxylic acids is 2. The SMILES string of the molecule is COC(=O)C(=O)Nc1ccc2oc(C)nc2c1. The van der Waals surface area contributed by atoms with Gasteiger partial charge in [-0.3, -0.25) is 4.79 Å². The number of hydrogen-bond acceptors (Lipinski definition) is 5. The molecule has 0 unspecified atom stereocenters. The van der Waals surface area contributed by atoms with Gasteiger partial charge < -0.3 is 14.5 Å². The molecule has 17 heavy (non-hydrogen) atoms. The van der Waals surface area contributed by atoms with E-state index in [1.165, 1.54) is 0 Å². The zero-order valence-electron chi connectivity index (χ0n) is 9.31. The lowest BCUT2D eigenvalue weighted by Crippen LogP contribution is -2.23. The first-order valence-electron chi connectivity index (χ1n) is 4.86. The van der Waals surface area contributed by atoms with Crippen LogP contribution in [-0.4, -0.2) is 24.0 Å². The van der Waals surface area contributed by atoms with Crippen molar-refractivity contribution in [3.63, 3.8) is 0 Å². The van der Waals surface area contributed by atoms with Gasteiger partial charge in [0.2, 0.25) is 0 Å². The number of ether oxygens (including phenoxy) is 1. The summed E-state index contributed by atoms with van der Waals surface area (Å²) in [6, 6.07) is 4.91. The van der Waals surface area contributed by atoms with Crippen LogP contribution in [0.5, 0.6) is 0 Å². The van der Waals surface area contributed by atoms with Crippen LogP contribution >= 0.6 is 0 Å². The fourth-order valence-corrected chi connectivity index (χ4v) is 1.40. The summed E-state index contributed by atoms with van der Waals surface area (Å²) in [4.78, 5) is 26.3. The van der Waals surface area contributed by atoms with Crippen LogP contribution in [0.25, 0.3) is 11.1 Å². The minimum atomic E-state index is -0.943. The third kappa shape index (κ3) is 2.25. The Morgan fingerprint density at radius 1 is 1.41 bits per heavy atom. The molecule has 1 N–H and O–H groups in total. The molecule has 0 radical (unpaired) electrons. The Labute approximate surface area is 96.6 Å². The summed E-state index contributed by atoms with van der Waals surface area (Å²) in [6.45, 7) is 1.73. The number of amides is 1. The van der Waals surface area contributed by atoms with Gasteiger partial charge in [0.05, 0.1) is 7.11 Å². The average Bonchev–Trinajstić information content (AvgIpc) is 2.67. The summed E-state index contributed by atoms with van der Waals surface area (Å²) >= 11 is 0. The number of benzene rings is 1. The molecule has 88 valence electrons. The molecule has 0 bridgehead atoms. The summed E-state index contributed by atoms with van der Waals surface area (Å²) in [6.07, 6.45) is 0. The fourth-order valence-electron chi connectivity index (χ4n) is 1.40. The number of fused-ring (bicyclic) bond motifs is 1. The molecule has 0 saturated carbocycles. The molecular formula is C11H10N2O4. The van der Waals surface area contributed by atoms with E-state index in [0.29, 0.717) is 22.7 Å². The van der Waals surface area contributed by atoms with Crippen molar-refractivity contribution < 1.29 is 18.7 Å². The minimum Gasteiger partial charge on any atom is -0.462 e. The van der Waals surface area contributed by atoms with Gasteiger partial charge in [-0.2, -0.15) is 0 Å². The van der Waals surface area contributed by atoms with Crippen molar-refractivity contribution >= 4 is 28.7 Å². The molecule has 0 spiro atoms. The third-order valence-electron chi connectivity index (χ3n) is 2.12. The highest BCUT2D eigenvalue weighted by Crippen LogP contribution is 2.19. The number of nitrogens with zero attached hydrogens (tertiary/aromatic N) is 1. The first-order valence-corrected chi connectivity index (χ1v) is 4.86. The smallest absolute Gasteiger partial charge is 0.396 e. The number of methoxy groups -OCH3 is 1. The molecule has 1 amide bonds. The van der Waals surface area contributed by atoms with Crippen molar-refractivity contribution in [1.82, 2.24) is 4.98 Å². The zero-order chi connectivity index (χ0) is 12.4. The van der Waals surface area contributed by atoms with Crippen molar-refractivity contribution in [2.45, 2.75) is 6.92 Å². The maximum absolute atomic E-state index is 11.3. The number of anilines is 1. The minimum absolute atomic E-state index is 0.459. The van der Waals surface area contributed by atoms with E-state index in [4.69, 9.17) is 4.42 Å². The van der Waals surface area contributed by atoms with E-state index in [2.05, 4.69) is 15.0 Å². The van der Waals surface area contributed by atoms with E-state index in [-0.39, 0.29) is 0 Å². The number of esters is 1. The molecule has 0 saturated heterocycles. The van der Waals surface area contributed by atoms with Gasteiger partial charge >= 0.3 is 11.9 Å². The topological polar surface area (TPSA) is 81.4 Å². The van der Waals surface area contributed by atoms with E-state index in [9.17, 15) is 9.59 Å². The van der Waals surface area contributed by atoms with Gasteiger partial charge in [-0.15, -0.1) is 0 Å². The molecule has 0 aliphatic heterocycles. The third-order valence-corrected chi connectivity index (χ3v) is 2.12. The lowest BCUT2D eigenvalue weighted by Gasteiger charge is -2.02. The van der Waals surface area contributed by atoms with E-state index in [1.54, 1.807) is 25.1 Å². The van der Waals surface area contributed by atoms with Crippen LogP contribution in [0.3, 0.4) is 0 Å². The Morgan fingerprint density at radius 3 is 2.88 bits per heavy atom. The first-order chi connectivity index (χ1) is 8.10. The van der Waals surface area contributed by atoms with Gasteiger partial charge in [-0.1, -0.05) is 0 Å². The monoisotopic (exact) mass is 234 g/mol. The van der Waals surface area contributed by atoms with Crippen LogP contribution in [0.15, 0.2) is 22.6 Å². The molecule has 1 aromatic heterocycles. The molecule has 1 heterocycles. The van der Waals surface area contributed by atoms with Crippen molar-refractivity contribution in [2.75, 3.05) is 12.4 Å². The largest absolute Gasteiger partial charge is 0.462 e. The molecule has 2 aromatic rings. The van der Waals surface area contributed by atoms with Crippen LogP contribution in [0.4, 0.5) is 5.69 Å². The van der Waals surface area contributed by atoms with E-state index >= 15 is 0 Å². The van der Waals surface area contributed by atoms with Gasteiger partial charge in [-0.05, 0) is 18.2 Å². The summed E-state index contributed by atoms with van der Waals surface area (Å²) in [5.41, 5.74) is 1.70. The number of rotatable bonds is 1. The lowest BCUT2D eigenvalue weighted by atomic mass is 10.3. The lowest BCUT2D eigenvalue weighted by molar-refractivity contribution is -0.150. The van der Waals surface area contributed by atoms with Gasteiger partial charge in [0.1, 0.15) is 5.52 Å². The van der Waals surface area contributed by atoms with Gasteiger partial charge in [0.15, 0.2) is 11.5 Å². The zero-order valence-corrected chi connectivity index (χ0v) is 9.31. The Bertz CT molecular complexity index is 588. The number of carbonyl (C=O) groups is 2. The molecule has 2 rings (SSSR count). The molecule has 1 aromatic carbocycles. The van der Waals surface area contributed by atoms with Crippen molar-refractivity contribution in [1.29, 1.82) is 0 Å². The van der Waals surface area contributed by atoms with E-state index < -0.39 is 11.9 Å². The van der Waals surface area contributed by atoms with Gasteiger partial charge in [-0.25, -0.2) is 9.78 Å². The van der Waals surface area contributed by atoms with Crippen molar-refractivity contribution in [3.05, 3.63) is 24.1 Å². The number of nitrogens with one attached hydrogen (secondary N) is 1. The highest BCUT2D eigenvalue weighted by molar-refractivity contribution is 6.37. The maximum Gasteiger partial charge on any atom is 0.396 e. The number of aromatic nitrogens is 1. The summed E-state index contributed by atoms with van der Waals surface area (Å²) in [5, 5.41) is 2.40. The predicted molar refractivity (Wildman–Crippen MR) is 59.4 cm³/mol. The van der Waals surface area contributed by atoms with Crippen molar-refractivity contribution in [2.24, 2.45) is 0 Å². The molecular weight excluding hydrogens is 224 g/mol. The van der Waals surface area contributed by atoms with Crippen LogP contribution in [0.2, 0.25) is 0 Å². The van der Waals surface area contributed by atoms with Crippen LogP contribution in [0.1, 0.15) is 5.89 Å². The number of hydrogen-bond donors (Lipinski definition) is 1. The number of oxazole rings is 1. The van der Waals surface area contributed by atoms with Crippen LogP contribution in [-0.2, 0) is 14.3 Å². The van der Waals surface area contributed by atoms with E-state index in [1.807, 2.05) is 0 Å². The summed E-state index contributed by atoms with van der Waals surface area (Å²) < 4.78 is 9.57. The van der Waals surface area contributed by atoms with Crippen LogP contribution in [0, 0.1) is 6.92 Å². The Hall–Kier alpha value is -2.37. The second-order valence-electron chi connectivity index (χ2n) is 3.36. The average molecular weight is 234 g/mol. The molecule has 0 atom stereocenters. The fraction of sp³-hybridized carbons (Fsp3) is 0.182. The highest BCUT2D eigenvalue weighted by atomic mass is 16.5.